The van der Waals surface area contributed by atoms with Crippen LogP contribution >= 0.6 is 19.4 Å². The fraction of sp³-hybridized carbons (Fsp3) is 1.00. The molecular formula is C6H12O3PS+. The van der Waals surface area contributed by atoms with Crippen LogP contribution in [0.1, 0.15) is 13.3 Å². The minimum absolute atomic E-state index is 0.116. The average Bonchev–Trinajstić information content (AvgIpc) is 2.07. The Kier molecular flexibility index (Phi) is 1.93. The van der Waals surface area contributed by atoms with Crippen molar-refractivity contribution in [3.63, 3.8) is 0 Å². The van der Waals surface area contributed by atoms with Crippen LogP contribution in [0.4, 0.5) is 0 Å². The monoisotopic (exact) mass is 195 g/mol. The highest BCUT2D eigenvalue weighted by molar-refractivity contribution is 8.47. The van der Waals surface area contributed by atoms with Crippen molar-refractivity contribution in [1.82, 2.24) is 0 Å². The third kappa shape index (κ3) is 1.31. The van der Waals surface area contributed by atoms with Crippen LogP contribution in [-0.2, 0) is 13.6 Å². The van der Waals surface area contributed by atoms with Crippen molar-refractivity contribution in [3.05, 3.63) is 0 Å². The Labute approximate surface area is 72.1 Å². The maximum atomic E-state index is 5.39. The van der Waals surface area contributed by atoms with Crippen molar-refractivity contribution in [2.45, 2.75) is 13.3 Å². The van der Waals surface area contributed by atoms with Crippen LogP contribution in [0, 0.1) is 5.41 Å². The van der Waals surface area contributed by atoms with Gasteiger partial charge in [-0.1, -0.05) is 6.92 Å². The van der Waals surface area contributed by atoms with Gasteiger partial charge in [-0.05, 0) is 6.42 Å². The summed E-state index contributed by atoms with van der Waals surface area (Å²) in [4.78, 5) is 0. The van der Waals surface area contributed by atoms with Gasteiger partial charge in [0.25, 0.3) is 0 Å². The van der Waals surface area contributed by atoms with E-state index < -0.39 is 7.15 Å². The van der Waals surface area contributed by atoms with Crippen molar-refractivity contribution >= 4 is 19.4 Å². The van der Waals surface area contributed by atoms with Gasteiger partial charge in [-0.15, -0.1) is 0 Å². The first-order valence-electron chi connectivity index (χ1n) is 3.74. The molecule has 2 bridgehead atoms. The molecule has 0 unspecified atom stereocenters. The smallest absolute Gasteiger partial charge is 0.168 e. The number of rotatable bonds is 1. The van der Waals surface area contributed by atoms with E-state index in [4.69, 9.17) is 13.6 Å². The lowest BCUT2D eigenvalue weighted by atomic mass is 9.88. The Bertz CT molecular complexity index is 151. The molecule has 0 amide bonds. The lowest BCUT2D eigenvalue weighted by Gasteiger charge is -2.40. The van der Waals surface area contributed by atoms with Crippen molar-refractivity contribution in [2.24, 2.45) is 5.41 Å². The molecule has 0 aliphatic carbocycles. The van der Waals surface area contributed by atoms with Gasteiger partial charge >= 0.3 is 7.15 Å². The molecule has 3 heterocycles. The molecule has 11 heavy (non-hydrogen) atoms. The maximum Gasteiger partial charge on any atom is 0.478 e. The summed E-state index contributed by atoms with van der Waals surface area (Å²) < 4.78 is 16.2. The molecule has 0 N–H and O–H groups in total. The zero-order valence-electron chi connectivity index (χ0n) is 6.45. The molecule has 3 aliphatic heterocycles. The summed E-state index contributed by atoms with van der Waals surface area (Å²) in [5.74, 6) is 0. The predicted molar refractivity (Wildman–Crippen MR) is 46.5 cm³/mol. The van der Waals surface area contributed by atoms with E-state index >= 15 is 0 Å². The van der Waals surface area contributed by atoms with Gasteiger partial charge in [-0.2, -0.15) is 13.6 Å². The molecule has 0 aromatic rings. The SMILES string of the molecule is CCC12CO[P+](S)(OC1)OC2. The van der Waals surface area contributed by atoms with Crippen LogP contribution in [0.2, 0.25) is 0 Å². The van der Waals surface area contributed by atoms with Crippen LogP contribution in [0.3, 0.4) is 0 Å². The number of hydrogen-bond acceptors (Lipinski definition) is 4. The minimum atomic E-state index is -2.14. The molecule has 3 fully saturated rings. The van der Waals surface area contributed by atoms with Crippen LogP contribution < -0.4 is 0 Å². The summed E-state index contributed by atoms with van der Waals surface area (Å²) in [6.45, 7) is 4.38. The zero-order chi connectivity index (χ0) is 7.95. The summed E-state index contributed by atoms with van der Waals surface area (Å²) in [7, 11) is -2.14. The lowest BCUT2D eigenvalue weighted by molar-refractivity contribution is -0.0782. The third-order valence-electron chi connectivity index (χ3n) is 2.35. The highest BCUT2D eigenvalue weighted by atomic mass is 32.7. The zero-order valence-corrected chi connectivity index (χ0v) is 8.24. The van der Waals surface area contributed by atoms with E-state index in [9.17, 15) is 0 Å². The Hall–Kier alpha value is 0.660. The maximum absolute atomic E-state index is 5.39. The minimum Gasteiger partial charge on any atom is -0.168 e. The number of fused-ring (bicyclic) bond motifs is 3. The molecule has 0 aromatic carbocycles. The van der Waals surface area contributed by atoms with Gasteiger partial charge in [0, 0.05) is 0 Å². The molecule has 0 radical (unpaired) electrons. The van der Waals surface area contributed by atoms with Gasteiger partial charge < -0.3 is 0 Å². The summed E-state index contributed by atoms with van der Waals surface area (Å²) in [5, 5.41) is 0. The standard InChI is InChI=1S/C6H12O3PS/c1-2-6-3-7-10(11,8-4-6)9-5-6/h11H,2-5H2,1H3/q+1. The quantitative estimate of drug-likeness (QED) is 0.512. The summed E-state index contributed by atoms with van der Waals surface area (Å²) >= 11 is 4.21. The molecule has 3 rings (SSSR count). The summed E-state index contributed by atoms with van der Waals surface area (Å²) in [6, 6.07) is 0. The average molecular weight is 195 g/mol. The van der Waals surface area contributed by atoms with Crippen molar-refractivity contribution in [1.29, 1.82) is 0 Å². The van der Waals surface area contributed by atoms with Crippen molar-refractivity contribution in [2.75, 3.05) is 19.8 Å². The molecule has 0 spiro atoms. The van der Waals surface area contributed by atoms with E-state index in [0.717, 1.165) is 26.2 Å². The van der Waals surface area contributed by atoms with Gasteiger partial charge in [0.15, 0.2) is 0 Å². The second-order valence-electron chi connectivity index (χ2n) is 3.14. The Morgan fingerprint density at radius 2 is 1.73 bits per heavy atom. The molecule has 0 aromatic heterocycles. The number of thiol groups is 1. The Balaban J connectivity index is 2.12. The molecule has 0 saturated carbocycles. The lowest BCUT2D eigenvalue weighted by Crippen LogP contribution is -2.44. The second kappa shape index (κ2) is 2.57. The van der Waals surface area contributed by atoms with Gasteiger partial charge in [-0.25, -0.2) is 0 Å². The summed E-state index contributed by atoms with van der Waals surface area (Å²) in [5.41, 5.74) is 0.116. The fourth-order valence-electron chi connectivity index (χ4n) is 1.20. The Morgan fingerprint density at radius 1 is 1.27 bits per heavy atom. The predicted octanol–water partition coefficient (Wildman–Crippen LogP) is 2.07. The van der Waals surface area contributed by atoms with E-state index in [1.165, 1.54) is 0 Å². The molecule has 3 saturated heterocycles. The fourth-order valence-corrected chi connectivity index (χ4v) is 3.25. The van der Waals surface area contributed by atoms with E-state index in [2.05, 4.69) is 19.2 Å². The van der Waals surface area contributed by atoms with Gasteiger partial charge in [0.2, 0.25) is 0 Å². The Morgan fingerprint density at radius 3 is 2.09 bits per heavy atom. The first-order valence-corrected chi connectivity index (χ1v) is 6.43. The van der Waals surface area contributed by atoms with Crippen LogP contribution in [0.25, 0.3) is 0 Å². The molecule has 64 valence electrons. The molecule has 3 aliphatic rings. The van der Waals surface area contributed by atoms with Crippen molar-refractivity contribution < 1.29 is 13.6 Å². The molecular weight excluding hydrogens is 183 g/mol. The van der Waals surface area contributed by atoms with E-state index in [-0.39, 0.29) is 5.41 Å². The first-order chi connectivity index (χ1) is 5.18. The van der Waals surface area contributed by atoms with E-state index in [1.807, 2.05) is 0 Å². The van der Waals surface area contributed by atoms with Crippen LogP contribution in [-0.4, -0.2) is 19.8 Å². The van der Waals surface area contributed by atoms with Crippen LogP contribution in [0.5, 0.6) is 0 Å². The van der Waals surface area contributed by atoms with Crippen molar-refractivity contribution in [3.8, 4) is 0 Å². The topological polar surface area (TPSA) is 27.7 Å². The van der Waals surface area contributed by atoms with Gasteiger partial charge in [-0.3, -0.25) is 0 Å². The second-order valence-corrected chi connectivity index (χ2v) is 6.32. The molecule has 3 nitrogen and oxygen atoms in total. The highest BCUT2D eigenvalue weighted by Gasteiger charge is 2.58. The molecule has 0 atom stereocenters. The number of hydrogen-bond donors (Lipinski definition) is 1. The largest absolute Gasteiger partial charge is 0.478 e. The van der Waals surface area contributed by atoms with Gasteiger partial charge in [0.1, 0.15) is 19.8 Å². The van der Waals surface area contributed by atoms with Crippen LogP contribution in [0.15, 0.2) is 0 Å². The van der Waals surface area contributed by atoms with E-state index in [1.54, 1.807) is 0 Å². The van der Waals surface area contributed by atoms with Gasteiger partial charge in [0.05, 0.1) is 17.7 Å². The normalized spacial score (nSPS) is 49.6. The highest BCUT2D eigenvalue weighted by Crippen LogP contribution is 2.73. The third-order valence-corrected chi connectivity index (χ3v) is 4.76. The molecule has 5 heteroatoms. The summed E-state index contributed by atoms with van der Waals surface area (Å²) in [6.07, 6.45) is 1.04. The van der Waals surface area contributed by atoms with E-state index in [0.29, 0.717) is 0 Å². The first kappa shape index (κ1) is 8.27.